The van der Waals surface area contributed by atoms with Crippen LogP contribution in [-0.2, 0) is 22.6 Å². The van der Waals surface area contributed by atoms with E-state index in [4.69, 9.17) is 0 Å². The number of imidazole rings is 1. The molecule has 0 unspecified atom stereocenters. The molecule has 3 rings (SSSR count). The van der Waals surface area contributed by atoms with Crippen molar-refractivity contribution < 1.29 is 9.59 Å². The van der Waals surface area contributed by atoms with E-state index in [0.29, 0.717) is 19.4 Å². The molecule has 2 N–H and O–H groups in total. The van der Waals surface area contributed by atoms with Gasteiger partial charge in [0.25, 0.3) is 0 Å². The summed E-state index contributed by atoms with van der Waals surface area (Å²) in [5.74, 6) is -0.360. The van der Waals surface area contributed by atoms with Crippen LogP contribution in [-0.4, -0.2) is 27.7 Å². The van der Waals surface area contributed by atoms with E-state index in [0.717, 1.165) is 22.5 Å². The van der Waals surface area contributed by atoms with Crippen LogP contribution in [0.25, 0.3) is 5.65 Å². The largest absolute Gasteiger partial charge is 0.349 e. The number of hydrogen-bond acceptors (Lipinski definition) is 3. The van der Waals surface area contributed by atoms with Crippen LogP contribution < -0.4 is 10.6 Å². The second-order valence-electron chi connectivity index (χ2n) is 6.74. The van der Waals surface area contributed by atoms with Gasteiger partial charge in [-0.2, -0.15) is 0 Å². The molecule has 0 aliphatic rings. The first-order valence-electron chi connectivity index (χ1n) is 9.03. The predicted molar refractivity (Wildman–Crippen MR) is 104 cm³/mol. The summed E-state index contributed by atoms with van der Waals surface area (Å²) >= 11 is 0. The van der Waals surface area contributed by atoms with Gasteiger partial charge >= 0.3 is 0 Å². The number of nitrogens with one attached hydrogen (secondary N) is 2. The lowest BCUT2D eigenvalue weighted by atomic mass is 10.1. The molecule has 0 aliphatic carbocycles. The summed E-state index contributed by atoms with van der Waals surface area (Å²) < 4.78 is 1.92. The molecule has 0 spiro atoms. The van der Waals surface area contributed by atoms with Gasteiger partial charge in [-0.3, -0.25) is 9.59 Å². The second-order valence-corrected chi connectivity index (χ2v) is 6.74. The van der Waals surface area contributed by atoms with Crippen LogP contribution in [0.1, 0.15) is 28.8 Å². The first-order valence-corrected chi connectivity index (χ1v) is 9.03. The Morgan fingerprint density at radius 3 is 2.56 bits per heavy atom. The lowest BCUT2D eigenvalue weighted by molar-refractivity contribution is -0.126. The van der Waals surface area contributed by atoms with Crippen molar-refractivity contribution >= 4 is 17.5 Å². The van der Waals surface area contributed by atoms with Crippen LogP contribution in [0.15, 0.2) is 48.8 Å². The Bertz CT molecular complexity index is 944. The zero-order valence-electron chi connectivity index (χ0n) is 15.7. The van der Waals surface area contributed by atoms with E-state index in [2.05, 4.69) is 15.6 Å². The lowest BCUT2D eigenvalue weighted by Gasteiger charge is -2.06. The zero-order chi connectivity index (χ0) is 19.2. The quantitative estimate of drug-likeness (QED) is 0.676. The van der Waals surface area contributed by atoms with E-state index in [1.807, 2.05) is 67.0 Å². The molecular weight excluding hydrogens is 340 g/mol. The number of rotatable bonds is 7. The van der Waals surface area contributed by atoms with Gasteiger partial charge in [0, 0.05) is 18.8 Å². The monoisotopic (exact) mass is 364 g/mol. The van der Waals surface area contributed by atoms with Crippen LogP contribution in [0.5, 0.6) is 0 Å². The number of nitrogens with zero attached hydrogens (tertiary/aromatic N) is 2. The van der Waals surface area contributed by atoms with E-state index in [1.54, 1.807) is 0 Å². The molecule has 6 nitrogen and oxygen atoms in total. The lowest BCUT2D eigenvalue weighted by Crippen LogP contribution is -2.36. The average Bonchev–Trinajstić information content (AvgIpc) is 3.06. The van der Waals surface area contributed by atoms with Crippen molar-refractivity contribution in [2.24, 2.45) is 0 Å². The van der Waals surface area contributed by atoms with Gasteiger partial charge in [0.1, 0.15) is 5.65 Å². The Morgan fingerprint density at radius 2 is 1.78 bits per heavy atom. The van der Waals surface area contributed by atoms with E-state index in [1.165, 1.54) is 5.56 Å². The molecule has 0 radical (unpaired) electrons. The van der Waals surface area contributed by atoms with Crippen LogP contribution in [0.2, 0.25) is 0 Å². The van der Waals surface area contributed by atoms with Gasteiger partial charge in [-0.25, -0.2) is 4.98 Å². The van der Waals surface area contributed by atoms with Crippen molar-refractivity contribution in [1.82, 2.24) is 20.0 Å². The van der Waals surface area contributed by atoms with Crippen LogP contribution in [0, 0.1) is 13.8 Å². The zero-order valence-corrected chi connectivity index (χ0v) is 15.7. The van der Waals surface area contributed by atoms with Crippen molar-refractivity contribution in [3.8, 4) is 0 Å². The van der Waals surface area contributed by atoms with Gasteiger partial charge in [-0.05, 0) is 43.5 Å². The summed E-state index contributed by atoms with van der Waals surface area (Å²) in [5, 5.41) is 5.44. The standard InChI is InChI=1S/C21H24N4O2/c1-15-3-5-17(6-4-15)7-8-20(26)23-13-21(27)22-12-18-14-25-10-9-16(2)11-19(25)24-18/h3-6,9-11,14H,7-8,12-13H2,1-2H3,(H,22,27)(H,23,26). The number of hydrogen-bond donors (Lipinski definition) is 2. The fourth-order valence-corrected chi connectivity index (χ4v) is 2.75. The van der Waals surface area contributed by atoms with Gasteiger partial charge in [0.2, 0.25) is 11.8 Å². The van der Waals surface area contributed by atoms with Crippen LogP contribution in [0.4, 0.5) is 0 Å². The maximum atomic E-state index is 11.9. The van der Waals surface area contributed by atoms with E-state index < -0.39 is 0 Å². The molecular formula is C21H24N4O2. The molecule has 3 aromatic rings. The maximum absolute atomic E-state index is 11.9. The third-order valence-corrected chi connectivity index (χ3v) is 4.34. The minimum Gasteiger partial charge on any atom is -0.349 e. The predicted octanol–water partition coefficient (Wildman–Crippen LogP) is 2.32. The van der Waals surface area contributed by atoms with E-state index in [9.17, 15) is 9.59 Å². The van der Waals surface area contributed by atoms with Crippen molar-refractivity contribution in [3.05, 3.63) is 71.2 Å². The summed E-state index contributed by atoms with van der Waals surface area (Å²) in [4.78, 5) is 28.3. The van der Waals surface area contributed by atoms with Gasteiger partial charge in [0.15, 0.2) is 0 Å². The Hall–Kier alpha value is -3.15. The Balaban J connectivity index is 1.39. The van der Waals surface area contributed by atoms with Crippen molar-refractivity contribution in [3.63, 3.8) is 0 Å². The molecule has 2 heterocycles. The summed E-state index contributed by atoms with van der Waals surface area (Å²) in [6.45, 7) is 4.35. The van der Waals surface area contributed by atoms with Crippen LogP contribution in [0.3, 0.4) is 0 Å². The van der Waals surface area contributed by atoms with Gasteiger partial charge < -0.3 is 15.0 Å². The molecule has 0 fully saturated rings. The first kappa shape index (κ1) is 18.6. The number of fused-ring (bicyclic) bond motifs is 1. The van der Waals surface area contributed by atoms with Gasteiger partial charge in [-0.1, -0.05) is 29.8 Å². The Labute approximate surface area is 158 Å². The van der Waals surface area contributed by atoms with Crippen molar-refractivity contribution in [2.75, 3.05) is 6.54 Å². The van der Waals surface area contributed by atoms with Crippen LogP contribution >= 0.6 is 0 Å². The molecule has 0 saturated carbocycles. The molecule has 2 aromatic heterocycles. The highest BCUT2D eigenvalue weighted by atomic mass is 16.2. The summed E-state index contributed by atoms with van der Waals surface area (Å²) in [6.07, 6.45) is 4.85. The molecule has 0 aliphatic heterocycles. The Kier molecular flexibility index (Phi) is 5.86. The maximum Gasteiger partial charge on any atom is 0.239 e. The number of amides is 2. The number of carbonyl (C=O) groups is 2. The van der Waals surface area contributed by atoms with Crippen molar-refractivity contribution in [1.29, 1.82) is 0 Å². The van der Waals surface area contributed by atoms with Gasteiger partial charge in [-0.15, -0.1) is 0 Å². The molecule has 27 heavy (non-hydrogen) atoms. The smallest absolute Gasteiger partial charge is 0.239 e. The summed E-state index contributed by atoms with van der Waals surface area (Å²) in [7, 11) is 0. The van der Waals surface area contributed by atoms with Crippen molar-refractivity contribution in [2.45, 2.75) is 33.2 Å². The second kappa shape index (κ2) is 8.49. The minimum atomic E-state index is -0.230. The third-order valence-electron chi connectivity index (χ3n) is 4.34. The average molecular weight is 364 g/mol. The molecule has 1 aromatic carbocycles. The molecule has 0 saturated heterocycles. The van der Waals surface area contributed by atoms with Gasteiger partial charge in [0.05, 0.1) is 18.8 Å². The normalized spacial score (nSPS) is 10.7. The number of aryl methyl sites for hydroxylation is 3. The SMILES string of the molecule is Cc1ccc(CCC(=O)NCC(=O)NCc2cn3ccc(C)cc3n2)cc1. The Morgan fingerprint density at radius 1 is 1.00 bits per heavy atom. The van der Waals surface area contributed by atoms with E-state index >= 15 is 0 Å². The van der Waals surface area contributed by atoms with E-state index in [-0.39, 0.29) is 18.4 Å². The number of aromatic nitrogens is 2. The number of pyridine rings is 1. The fraction of sp³-hybridized carbons (Fsp3) is 0.286. The molecule has 0 atom stereocenters. The molecule has 0 bridgehead atoms. The minimum absolute atomic E-state index is 0.0286. The number of benzene rings is 1. The fourth-order valence-electron chi connectivity index (χ4n) is 2.75. The highest BCUT2D eigenvalue weighted by Crippen LogP contribution is 2.07. The first-order chi connectivity index (χ1) is 13.0. The highest BCUT2D eigenvalue weighted by molar-refractivity contribution is 5.84. The third kappa shape index (κ3) is 5.41. The molecule has 140 valence electrons. The highest BCUT2D eigenvalue weighted by Gasteiger charge is 2.07. The summed E-state index contributed by atoms with van der Waals surface area (Å²) in [6, 6.07) is 12.1. The topological polar surface area (TPSA) is 75.5 Å². The summed E-state index contributed by atoms with van der Waals surface area (Å²) in [5.41, 5.74) is 5.07. The molecule has 6 heteroatoms. The number of carbonyl (C=O) groups excluding carboxylic acids is 2. The molecule has 2 amide bonds.